The highest BCUT2D eigenvalue weighted by Gasteiger charge is 2.62. The minimum atomic E-state index is -0.989. The number of pyridine rings is 1. The van der Waals surface area contributed by atoms with Crippen molar-refractivity contribution in [2.75, 3.05) is 71.1 Å². The normalized spacial score (nSPS) is 32.3. The summed E-state index contributed by atoms with van der Waals surface area (Å²) in [5.74, 6) is -0.514. The van der Waals surface area contributed by atoms with Gasteiger partial charge in [-0.2, -0.15) is 0 Å². The van der Waals surface area contributed by atoms with Gasteiger partial charge in [-0.15, -0.1) is 11.3 Å². The van der Waals surface area contributed by atoms with Crippen LogP contribution in [-0.2, 0) is 51.0 Å². The van der Waals surface area contributed by atoms with Crippen molar-refractivity contribution in [3.05, 3.63) is 52.1 Å². The first-order chi connectivity index (χ1) is 37.5. The number of cyclic esters (lactones) is 1. The van der Waals surface area contributed by atoms with Gasteiger partial charge < -0.3 is 38.5 Å². The zero-order chi connectivity index (χ0) is 53.8. The number of rotatable bonds is 12. The van der Waals surface area contributed by atoms with Crippen LogP contribution >= 0.6 is 11.3 Å². The molecule has 15 rings (SSSR count). The number of esters is 1. The largest absolute Gasteiger partial charge is 0.464 e. The molecule has 10 fully saturated rings. The lowest BCUT2D eigenvalue weighted by molar-refractivity contribution is -0.172. The summed E-state index contributed by atoms with van der Waals surface area (Å²) in [7, 11) is 1.75. The molecule has 420 valence electrons. The number of carbonyl (C=O) groups excluding carboxylic acids is 3. The number of nitrogens with zero attached hydrogens (tertiary/aromatic N) is 7. The van der Waals surface area contributed by atoms with Crippen molar-refractivity contribution in [3.8, 4) is 22.5 Å². The minimum Gasteiger partial charge on any atom is -0.464 e. The number of hydrogen-bond acceptors (Lipinski definition) is 15. The van der Waals surface area contributed by atoms with E-state index in [1.54, 1.807) is 23.5 Å². The van der Waals surface area contributed by atoms with E-state index in [4.69, 9.17) is 33.7 Å². The molecule has 6 atom stereocenters. The molecule has 3 aliphatic carbocycles. The Labute approximate surface area is 463 Å². The molecule has 2 amide bonds. The Kier molecular flexibility index (Phi) is 13.9. The van der Waals surface area contributed by atoms with Crippen LogP contribution in [0.15, 0.2) is 35.8 Å². The number of likely N-dealkylation sites (tertiary alicyclic amines) is 1. The van der Waals surface area contributed by atoms with Gasteiger partial charge in [-0.25, -0.2) is 10.4 Å². The third-order valence-corrected chi connectivity index (χ3v) is 20.2. The van der Waals surface area contributed by atoms with Crippen LogP contribution in [0.3, 0.4) is 0 Å². The predicted octanol–water partition coefficient (Wildman–Crippen LogP) is 7.60. The van der Waals surface area contributed by atoms with Crippen molar-refractivity contribution in [2.45, 2.75) is 178 Å². The zero-order valence-corrected chi connectivity index (χ0v) is 47.7. The maximum Gasteiger partial charge on any atom is 0.325 e. The minimum absolute atomic E-state index is 0.0143. The van der Waals surface area contributed by atoms with Gasteiger partial charge in [0.15, 0.2) is 0 Å². The van der Waals surface area contributed by atoms with Crippen molar-refractivity contribution >= 4 is 45.7 Å². The summed E-state index contributed by atoms with van der Waals surface area (Å²) in [6, 6.07) is 7.41. The molecule has 0 unspecified atom stereocenters. The van der Waals surface area contributed by atoms with Crippen LogP contribution < -0.4 is 15.6 Å². The fourth-order valence-electron chi connectivity index (χ4n) is 14.5. The molecular formula is C60H81N9O8S. The number of nitrogens with one attached hydrogen (secondary N) is 2. The van der Waals surface area contributed by atoms with Crippen LogP contribution in [-0.4, -0.2) is 161 Å². The smallest absolute Gasteiger partial charge is 0.325 e. The lowest BCUT2D eigenvalue weighted by Gasteiger charge is -2.53. The molecule has 2 N–H and O–H groups in total. The van der Waals surface area contributed by atoms with E-state index in [0.29, 0.717) is 57.8 Å². The molecule has 8 aliphatic heterocycles. The first-order valence-corrected chi connectivity index (χ1v) is 30.3. The molecular weight excluding hydrogens is 1010 g/mol. The summed E-state index contributed by atoms with van der Waals surface area (Å²) in [6.07, 6.45) is 11.2. The Morgan fingerprint density at radius 3 is 2.46 bits per heavy atom. The number of benzene rings is 1. The Morgan fingerprint density at radius 2 is 1.74 bits per heavy atom. The zero-order valence-electron chi connectivity index (χ0n) is 46.9. The quantitative estimate of drug-likeness (QED) is 0.133. The summed E-state index contributed by atoms with van der Waals surface area (Å²) in [5, 5.41) is 8.96. The molecule has 0 spiro atoms. The van der Waals surface area contributed by atoms with Crippen molar-refractivity contribution < 1.29 is 38.1 Å². The van der Waals surface area contributed by atoms with Gasteiger partial charge in [-0.3, -0.25) is 34.2 Å². The maximum atomic E-state index is 15.5. The van der Waals surface area contributed by atoms with Crippen molar-refractivity contribution in [2.24, 2.45) is 17.3 Å². The highest BCUT2D eigenvalue weighted by atomic mass is 32.1. The number of amides is 2. The molecule has 7 saturated heterocycles. The van der Waals surface area contributed by atoms with Gasteiger partial charge in [0.25, 0.3) is 11.8 Å². The van der Waals surface area contributed by atoms with Crippen molar-refractivity contribution in [3.63, 3.8) is 0 Å². The second-order valence-electron chi connectivity index (χ2n) is 25.9. The first-order valence-electron chi connectivity index (χ1n) is 29.4. The number of hydrogen-bond donors (Lipinski definition) is 2. The SMILES string of the molecule is CO[C@@H](C)c1ncc(N2CCN(C3CC3)CC2)cc1-c1c2c3cc(ccc3n1CCO[C@H]1CCOC(C)(C)C1)-c1csc(n1)[C@@H](N1CCCC1)[C@H](NC(=O)C13CC(C1)[C@H](C)O3)C(=O)N1N[C@H](C(=O)OCC(C)(C)C2)C2CC1C2. The monoisotopic (exact) mass is 1090 g/mol. The number of carbonyl (C=O) groups is 3. The van der Waals surface area contributed by atoms with E-state index < -0.39 is 29.1 Å². The molecule has 0 radical (unpaired) electrons. The fraction of sp³-hybridized carbons (Fsp3) is 0.683. The van der Waals surface area contributed by atoms with E-state index in [1.807, 2.05) is 13.1 Å². The molecule has 18 heteroatoms. The van der Waals surface area contributed by atoms with Gasteiger partial charge in [-0.1, -0.05) is 19.9 Å². The van der Waals surface area contributed by atoms with Crippen LogP contribution in [0, 0.1) is 17.3 Å². The number of hydrazine groups is 1. The molecule has 11 heterocycles. The average molecular weight is 1090 g/mol. The molecule has 10 bridgehead atoms. The Bertz CT molecular complexity index is 2930. The van der Waals surface area contributed by atoms with Crippen LogP contribution in [0.25, 0.3) is 33.4 Å². The van der Waals surface area contributed by atoms with Gasteiger partial charge >= 0.3 is 5.97 Å². The summed E-state index contributed by atoms with van der Waals surface area (Å²) in [6.45, 7) is 20.1. The van der Waals surface area contributed by atoms with Gasteiger partial charge in [0, 0.05) is 97.8 Å². The maximum absolute atomic E-state index is 15.5. The summed E-state index contributed by atoms with van der Waals surface area (Å²) in [5.41, 5.74) is 9.64. The lowest BCUT2D eigenvalue weighted by Crippen LogP contribution is -2.72. The van der Waals surface area contributed by atoms with Crippen molar-refractivity contribution in [1.82, 2.24) is 40.1 Å². The molecule has 3 aromatic heterocycles. The number of aromatic nitrogens is 3. The molecule has 3 saturated carbocycles. The van der Waals surface area contributed by atoms with Gasteiger partial charge in [0.2, 0.25) is 0 Å². The van der Waals surface area contributed by atoms with E-state index >= 15 is 4.79 Å². The van der Waals surface area contributed by atoms with Gasteiger partial charge in [0.05, 0.1) is 72.1 Å². The van der Waals surface area contributed by atoms with Crippen LogP contribution in [0.5, 0.6) is 0 Å². The van der Waals surface area contributed by atoms with Crippen LogP contribution in [0.2, 0.25) is 0 Å². The fourth-order valence-corrected chi connectivity index (χ4v) is 15.5. The highest BCUT2D eigenvalue weighted by molar-refractivity contribution is 7.10. The van der Waals surface area contributed by atoms with E-state index in [9.17, 15) is 9.59 Å². The Balaban J connectivity index is 0.953. The third-order valence-electron chi connectivity index (χ3n) is 19.3. The first kappa shape index (κ1) is 52.8. The van der Waals surface area contributed by atoms with Crippen molar-refractivity contribution in [1.29, 1.82) is 0 Å². The lowest BCUT2D eigenvalue weighted by atomic mass is 9.72. The number of thiazole rings is 1. The highest BCUT2D eigenvalue weighted by Crippen LogP contribution is 2.53. The Hall–Kier alpha value is -4.53. The summed E-state index contributed by atoms with van der Waals surface area (Å²) >= 11 is 1.54. The number of ether oxygens (including phenoxy) is 5. The third kappa shape index (κ3) is 9.78. The van der Waals surface area contributed by atoms with Crippen LogP contribution in [0.4, 0.5) is 5.69 Å². The van der Waals surface area contributed by atoms with Gasteiger partial charge in [0.1, 0.15) is 22.7 Å². The molecule has 17 nitrogen and oxygen atoms in total. The van der Waals surface area contributed by atoms with E-state index in [1.165, 1.54) is 12.8 Å². The predicted molar refractivity (Wildman–Crippen MR) is 298 cm³/mol. The summed E-state index contributed by atoms with van der Waals surface area (Å²) in [4.78, 5) is 63.1. The van der Waals surface area contributed by atoms with E-state index in [0.717, 1.165) is 126 Å². The van der Waals surface area contributed by atoms with Gasteiger partial charge in [-0.05, 0) is 141 Å². The van der Waals surface area contributed by atoms with E-state index in [2.05, 4.69) is 94.3 Å². The number of piperazine rings is 1. The number of fused-ring (bicyclic) bond motifs is 5. The molecule has 78 heavy (non-hydrogen) atoms. The average Bonchev–Trinajstić information content (AvgIpc) is 3.81. The standard InChI is InChI=1S/C60H81N9O8S/c1-35-39-28-60(29-39,77-35)57(72)63-51-53(67-15-8-9-16-67)54-62-47(33-78-54)37-10-13-48-44(26-37)46(31-58(3,4)34-75-56(71)50-38-24-41(25-38)69(64-50)55(51)70)52(68(48)21-23-74-43-14-22-76-59(5,6)30-43)45-27-42(32-61-49(45)36(2)73-7)66-19-17-65(18-20-66)40-11-12-40/h10,13,26-27,32-33,35-36,38-41,43,50-51,53,64H,8-9,11-12,14-25,28-31,34H2,1-7H3,(H,63,72)/t35-,36-,38?,39?,41?,43-,50-,51-,53-,60?/m0/s1. The van der Waals surface area contributed by atoms with E-state index in [-0.39, 0.29) is 60.3 Å². The number of methoxy groups -OCH3 is 1. The topological polar surface area (TPSA) is 165 Å². The molecule has 4 aromatic rings. The molecule has 11 aliphatic rings. The van der Waals surface area contributed by atoms with Crippen LogP contribution in [0.1, 0.15) is 134 Å². The second kappa shape index (κ2) is 20.5. The Morgan fingerprint density at radius 1 is 0.962 bits per heavy atom. The summed E-state index contributed by atoms with van der Waals surface area (Å²) < 4.78 is 34.4. The second-order valence-corrected chi connectivity index (χ2v) is 26.8. The molecule has 1 aromatic carbocycles. The number of anilines is 1.